The van der Waals surface area contributed by atoms with Crippen molar-refractivity contribution in [3.05, 3.63) is 30.9 Å². The zero-order chi connectivity index (χ0) is 19.8. The first kappa shape index (κ1) is 18.3. The first-order valence-electron chi connectivity index (χ1n) is 10.0. The Morgan fingerprint density at radius 2 is 2.10 bits per heavy atom. The molecule has 2 fully saturated rings. The Labute approximate surface area is 169 Å². The summed E-state index contributed by atoms with van der Waals surface area (Å²) in [5, 5.41) is 3.31. The number of pyridine rings is 1. The average molecular weight is 395 g/mol. The van der Waals surface area contributed by atoms with Gasteiger partial charge in [0, 0.05) is 37.9 Å². The van der Waals surface area contributed by atoms with E-state index < -0.39 is 0 Å². The molecule has 0 amide bonds. The number of anilines is 3. The molecule has 9 heteroatoms. The van der Waals surface area contributed by atoms with Crippen LogP contribution in [-0.2, 0) is 9.47 Å². The van der Waals surface area contributed by atoms with Crippen LogP contribution in [0.5, 0.6) is 0 Å². The van der Waals surface area contributed by atoms with Gasteiger partial charge in [0.1, 0.15) is 22.8 Å². The van der Waals surface area contributed by atoms with Gasteiger partial charge in [-0.2, -0.15) is 4.98 Å². The van der Waals surface area contributed by atoms with Crippen LogP contribution in [0, 0.1) is 0 Å². The summed E-state index contributed by atoms with van der Waals surface area (Å²) in [6.45, 7) is 7.82. The highest BCUT2D eigenvalue weighted by Gasteiger charge is 2.41. The lowest BCUT2D eigenvalue weighted by atomic mass is 10.0. The van der Waals surface area contributed by atoms with E-state index in [0.717, 1.165) is 43.0 Å². The number of nitrogens with one attached hydrogen (secondary N) is 1. The molecule has 5 rings (SSSR count). The number of nitrogens with zero attached hydrogens (tertiary/aromatic N) is 6. The molecule has 0 aliphatic carbocycles. The molecule has 1 unspecified atom stereocenters. The van der Waals surface area contributed by atoms with Crippen molar-refractivity contribution in [2.24, 2.45) is 0 Å². The van der Waals surface area contributed by atoms with E-state index in [4.69, 9.17) is 14.5 Å². The molecule has 0 aromatic carbocycles. The van der Waals surface area contributed by atoms with Crippen LogP contribution >= 0.6 is 0 Å². The second-order valence-electron chi connectivity index (χ2n) is 7.93. The summed E-state index contributed by atoms with van der Waals surface area (Å²) in [5.41, 5.74) is 1.69. The lowest BCUT2D eigenvalue weighted by molar-refractivity contribution is -0.0583. The summed E-state index contributed by atoms with van der Waals surface area (Å²) >= 11 is 0. The molecular formula is C20H25N7O2. The maximum absolute atomic E-state index is 6.01. The van der Waals surface area contributed by atoms with Gasteiger partial charge in [0.05, 0.1) is 37.8 Å². The zero-order valence-corrected chi connectivity index (χ0v) is 16.7. The van der Waals surface area contributed by atoms with Gasteiger partial charge < -0.3 is 24.3 Å². The molecule has 5 heterocycles. The molecule has 0 bridgehead atoms. The van der Waals surface area contributed by atoms with Gasteiger partial charge >= 0.3 is 0 Å². The number of fused-ring (bicyclic) bond motifs is 1. The molecule has 152 valence electrons. The SMILES string of the molecule is CC(C)n1cnc2cnc(Nc3ccnc(N4CCOC5(CCOC5)C4)n3)cc21. The van der Waals surface area contributed by atoms with Crippen molar-refractivity contribution in [2.45, 2.75) is 31.9 Å². The number of rotatable bonds is 4. The average Bonchev–Trinajstić information content (AvgIpc) is 3.35. The van der Waals surface area contributed by atoms with Crippen LogP contribution in [0.2, 0.25) is 0 Å². The van der Waals surface area contributed by atoms with Crippen LogP contribution in [0.25, 0.3) is 11.0 Å². The third-order valence-electron chi connectivity index (χ3n) is 5.51. The lowest BCUT2D eigenvalue weighted by Crippen LogP contribution is -2.53. The van der Waals surface area contributed by atoms with Gasteiger partial charge in [-0.3, -0.25) is 0 Å². The first-order chi connectivity index (χ1) is 14.1. The van der Waals surface area contributed by atoms with E-state index in [2.05, 4.69) is 43.6 Å². The summed E-state index contributed by atoms with van der Waals surface area (Å²) < 4.78 is 13.7. The normalized spacial score (nSPS) is 22.1. The van der Waals surface area contributed by atoms with Crippen molar-refractivity contribution >= 4 is 28.6 Å². The van der Waals surface area contributed by atoms with E-state index in [1.807, 2.05) is 18.5 Å². The second kappa shape index (κ2) is 7.23. The summed E-state index contributed by atoms with van der Waals surface area (Å²) in [7, 11) is 0. The van der Waals surface area contributed by atoms with E-state index >= 15 is 0 Å². The third-order valence-corrected chi connectivity index (χ3v) is 5.51. The van der Waals surface area contributed by atoms with Gasteiger partial charge in [0.2, 0.25) is 5.95 Å². The maximum atomic E-state index is 6.01. The smallest absolute Gasteiger partial charge is 0.227 e. The van der Waals surface area contributed by atoms with Gasteiger partial charge in [0.15, 0.2) is 0 Å². The van der Waals surface area contributed by atoms with Crippen LogP contribution in [0.3, 0.4) is 0 Å². The van der Waals surface area contributed by atoms with Crippen LogP contribution in [0.15, 0.2) is 30.9 Å². The fourth-order valence-corrected chi connectivity index (χ4v) is 3.95. The molecule has 0 saturated carbocycles. The number of hydrogen-bond acceptors (Lipinski definition) is 8. The first-order valence-corrected chi connectivity index (χ1v) is 10.0. The summed E-state index contributed by atoms with van der Waals surface area (Å²) in [4.78, 5) is 20.3. The molecule has 3 aromatic rings. The van der Waals surface area contributed by atoms with Crippen molar-refractivity contribution in [3.63, 3.8) is 0 Å². The van der Waals surface area contributed by atoms with Gasteiger partial charge in [-0.15, -0.1) is 0 Å². The summed E-state index contributed by atoms with van der Waals surface area (Å²) in [6, 6.07) is 4.18. The van der Waals surface area contributed by atoms with Gasteiger partial charge in [-0.1, -0.05) is 0 Å². The number of ether oxygens (including phenoxy) is 2. The zero-order valence-electron chi connectivity index (χ0n) is 16.7. The molecule has 2 saturated heterocycles. The molecule has 9 nitrogen and oxygen atoms in total. The quantitative estimate of drug-likeness (QED) is 0.721. The topological polar surface area (TPSA) is 90.2 Å². The van der Waals surface area contributed by atoms with Gasteiger partial charge in [0.25, 0.3) is 0 Å². The summed E-state index contributed by atoms with van der Waals surface area (Å²) in [5.74, 6) is 2.13. The Balaban J connectivity index is 1.37. The highest BCUT2D eigenvalue weighted by Crippen LogP contribution is 2.29. The Bertz CT molecular complexity index is 1010. The molecular weight excluding hydrogens is 370 g/mol. The fraction of sp³-hybridized carbons (Fsp3) is 0.500. The monoisotopic (exact) mass is 395 g/mol. The van der Waals surface area contributed by atoms with Gasteiger partial charge in [-0.25, -0.2) is 15.0 Å². The maximum Gasteiger partial charge on any atom is 0.227 e. The Morgan fingerprint density at radius 3 is 2.93 bits per heavy atom. The fourth-order valence-electron chi connectivity index (χ4n) is 3.95. The molecule has 2 aliphatic heterocycles. The predicted molar refractivity (Wildman–Crippen MR) is 110 cm³/mol. The molecule has 3 aromatic heterocycles. The summed E-state index contributed by atoms with van der Waals surface area (Å²) in [6.07, 6.45) is 6.32. The Hall–Kier alpha value is -2.78. The molecule has 1 atom stereocenters. The second-order valence-corrected chi connectivity index (χ2v) is 7.93. The molecule has 1 spiro atoms. The largest absolute Gasteiger partial charge is 0.378 e. The molecule has 1 N–H and O–H groups in total. The van der Waals surface area contributed by atoms with Crippen LogP contribution in [-0.4, -0.2) is 63.0 Å². The number of morpholine rings is 1. The van der Waals surface area contributed by atoms with Crippen LogP contribution in [0.1, 0.15) is 26.3 Å². The highest BCUT2D eigenvalue weighted by atomic mass is 16.6. The van der Waals surface area contributed by atoms with Gasteiger partial charge in [-0.05, 0) is 19.9 Å². The predicted octanol–water partition coefficient (Wildman–Crippen LogP) is 2.54. The Morgan fingerprint density at radius 1 is 1.17 bits per heavy atom. The minimum atomic E-state index is -0.229. The van der Waals surface area contributed by atoms with Crippen molar-refractivity contribution < 1.29 is 9.47 Å². The van der Waals surface area contributed by atoms with E-state index in [1.54, 1.807) is 12.4 Å². The number of imidazole rings is 1. The van der Waals surface area contributed by atoms with Crippen LogP contribution in [0.4, 0.5) is 17.6 Å². The third kappa shape index (κ3) is 3.51. The standard InChI is InChI=1S/C20H25N7O2/c1-14(2)27-13-23-15-10-22-18(9-16(15)27)24-17-3-5-21-19(25-17)26-6-8-29-20(11-26)4-7-28-12-20/h3,5,9-10,13-14H,4,6-8,11-12H2,1-2H3,(H,21,22,24,25). The van der Waals surface area contributed by atoms with Crippen molar-refractivity contribution in [2.75, 3.05) is 43.1 Å². The molecule has 2 aliphatic rings. The minimum Gasteiger partial charge on any atom is -0.378 e. The highest BCUT2D eigenvalue weighted by molar-refractivity contribution is 5.78. The molecule has 0 radical (unpaired) electrons. The van der Waals surface area contributed by atoms with Crippen molar-refractivity contribution in [3.8, 4) is 0 Å². The number of aromatic nitrogens is 5. The van der Waals surface area contributed by atoms with Crippen molar-refractivity contribution in [1.82, 2.24) is 24.5 Å². The van der Waals surface area contributed by atoms with E-state index in [9.17, 15) is 0 Å². The lowest BCUT2D eigenvalue weighted by Gasteiger charge is -2.39. The molecule has 29 heavy (non-hydrogen) atoms. The number of hydrogen-bond donors (Lipinski definition) is 1. The van der Waals surface area contributed by atoms with E-state index in [0.29, 0.717) is 31.0 Å². The van der Waals surface area contributed by atoms with Crippen LogP contribution < -0.4 is 10.2 Å². The van der Waals surface area contributed by atoms with E-state index in [-0.39, 0.29) is 5.60 Å². The minimum absolute atomic E-state index is 0.229. The van der Waals surface area contributed by atoms with Crippen molar-refractivity contribution in [1.29, 1.82) is 0 Å². The van der Waals surface area contributed by atoms with E-state index in [1.165, 1.54) is 0 Å². The Kier molecular flexibility index (Phi) is 4.56.